The lowest BCUT2D eigenvalue weighted by Gasteiger charge is -2.16. The van der Waals surface area contributed by atoms with Gasteiger partial charge in [-0.3, -0.25) is 4.98 Å². The standard InChI is InChI=1S/C22H20FN5O3S/c1-24-22(29)28(3)32(30,31)18-9-8-17-19(14-10-12-25-13-11-14)20(27(2)21(17)26-18)15-4-6-16(23)7-5-15/h4-13H,1-3H3,(H,24,29). The van der Waals surface area contributed by atoms with Crippen LogP contribution < -0.4 is 5.32 Å². The van der Waals surface area contributed by atoms with Gasteiger partial charge in [0.1, 0.15) is 11.5 Å². The maximum Gasteiger partial charge on any atom is 0.330 e. The summed E-state index contributed by atoms with van der Waals surface area (Å²) in [5.74, 6) is -0.360. The molecular formula is C22H20FN5O3S. The molecule has 4 aromatic rings. The zero-order valence-corrected chi connectivity index (χ0v) is 18.4. The molecule has 10 heteroatoms. The molecule has 3 heterocycles. The molecule has 0 spiro atoms. The lowest BCUT2D eigenvalue weighted by Crippen LogP contribution is -2.39. The molecule has 8 nitrogen and oxygen atoms in total. The van der Waals surface area contributed by atoms with Crippen LogP contribution >= 0.6 is 0 Å². The molecule has 0 bridgehead atoms. The van der Waals surface area contributed by atoms with Gasteiger partial charge in [0.05, 0.1) is 5.69 Å². The fourth-order valence-electron chi connectivity index (χ4n) is 3.59. The Kier molecular flexibility index (Phi) is 5.39. The number of hydrogen-bond acceptors (Lipinski definition) is 5. The highest BCUT2D eigenvalue weighted by Crippen LogP contribution is 2.40. The number of fused-ring (bicyclic) bond motifs is 1. The van der Waals surface area contributed by atoms with Gasteiger partial charge >= 0.3 is 6.03 Å². The molecule has 0 aliphatic carbocycles. The van der Waals surface area contributed by atoms with E-state index in [9.17, 15) is 17.6 Å². The van der Waals surface area contributed by atoms with Crippen LogP contribution in [0.15, 0.2) is 66.0 Å². The van der Waals surface area contributed by atoms with Crippen LogP contribution in [0.1, 0.15) is 0 Å². The third-order valence-electron chi connectivity index (χ3n) is 5.22. The summed E-state index contributed by atoms with van der Waals surface area (Å²) in [6.45, 7) is 0. The van der Waals surface area contributed by atoms with E-state index in [2.05, 4.69) is 15.3 Å². The molecule has 2 amide bonds. The van der Waals surface area contributed by atoms with E-state index in [1.807, 2.05) is 12.1 Å². The van der Waals surface area contributed by atoms with E-state index < -0.39 is 16.1 Å². The Morgan fingerprint density at radius 3 is 2.31 bits per heavy atom. The van der Waals surface area contributed by atoms with Crippen molar-refractivity contribution in [2.24, 2.45) is 7.05 Å². The Bertz CT molecular complexity index is 1420. The highest BCUT2D eigenvalue weighted by Gasteiger charge is 2.28. The molecule has 0 saturated heterocycles. The quantitative estimate of drug-likeness (QED) is 0.511. The van der Waals surface area contributed by atoms with Gasteiger partial charge in [0, 0.05) is 44.5 Å². The number of sulfonamides is 1. The van der Waals surface area contributed by atoms with Crippen LogP contribution in [-0.2, 0) is 17.1 Å². The number of halogens is 1. The van der Waals surface area contributed by atoms with Crippen molar-refractivity contribution >= 4 is 27.1 Å². The molecule has 0 aliphatic heterocycles. The van der Waals surface area contributed by atoms with Crippen LogP contribution in [0.5, 0.6) is 0 Å². The van der Waals surface area contributed by atoms with Gasteiger partial charge in [-0.15, -0.1) is 0 Å². The van der Waals surface area contributed by atoms with Crippen molar-refractivity contribution in [1.82, 2.24) is 24.2 Å². The summed E-state index contributed by atoms with van der Waals surface area (Å²) in [5, 5.41) is 2.74. The average molecular weight is 453 g/mol. The van der Waals surface area contributed by atoms with Crippen LogP contribution in [0.2, 0.25) is 0 Å². The molecule has 0 atom stereocenters. The maximum atomic E-state index is 13.6. The highest BCUT2D eigenvalue weighted by atomic mass is 32.2. The van der Waals surface area contributed by atoms with Gasteiger partial charge in [-0.05, 0) is 59.7 Å². The number of nitrogens with zero attached hydrogens (tertiary/aromatic N) is 4. The molecule has 0 radical (unpaired) electrons. The molecule has 32 heavy (non-hydrogen) atoms. The predicted molar refractivity (Wildman–Crippen MR) is 119 cm³/mol. The summed E-state index contributed by atoms with van der Waals surface area (Å²) in [5.41, 5.74) is 3.55. The summed E-state index contributed by atoms with van der Waals surface area (Å²) in [6.07, 6.45) is 3.32. The first-order valence-corrected chi connectivity index (χ1v) is 11.1. The number of amides is 2. The Morgan fingerprint density at radius 1 is 1.03 bits per heavy atom. The third kappa shape index (κ3) is 3.48. The molecule has 3 aromatic heterocycles. The zero-order valence-electron chi connectivity index (χ0n) is 17.6. The number of pyridine rings is 2. The van der Waals surface area contributed by atoms with Crippen molar-refractivity contribution < 1.29 is 17.6 Å². The Balaban J connectivity index is 2.00. The van der Waals surface area contributed by atoms with Crippen LogP contribution in [0.25, 0.3) is 33.4 Å². The minimum atomic E-state index is -4.16. The molecule has 4 rings (SSSR count). The number of benzene rings is 1. The van der Waals surface area contributed by atoms with Crippen molar-refractivity contribution in [3.05, 3.63) is 66.7 Å². The number of carbonyl (C=O) groups is 1. The van der Waals surface area contributed by atoms with Crippen molar-refractivity contribution in [1.29, 1.82) is 0 Å². The molecule has 1 aromatic carbocycles. The van der Waals surface area contributed by atoms with Gasteiger partial charge in [0.2, 0.25) is 0 Å². The summed E-state index contributed by atoms with van der Waals surface area (Å²) < 4.78 is 41.7. The fraction of sp³-hybridized carbons (Fsp3) is 0.136. The SMILES string of the molecule is CNC(=O)N(C)S(=O)(=O)c1ccc2c(-c3ccncc3)c(-c3ccc(F)cc3)n(C)c2n1. The monoisotopic (exact) mass is 453 g/mol. The number of hydrogen-bond donors (Lipinski definition) is 1. The van der Waals surface area contributed by atoms with Crippen molar-refractivity contribution in [3.8, 4) is 22.4 Å². The highest BCUT2D eigenvalue weighted by molar-refractivity contribution is 7.89. The fourth-order valence-corrected chi connectivity index (χ4v) is 4.62. The molecule has 0 aliphatic rings. The summed E-state index contributed by atoms with van der Waals surface area (Å²) >= 11 is 0. The van der Waals surface area contributed by atoms with Gasteiger partial charge in [-0.2, -0.15) is 8.42 Å². The van der Waals surface area contributed by atoms with E-state index in [-0.39, 0.29) is 10.8 Å². The normalized spacial score (nSPS) is 11.5. The van der Waals surface area contributed by atoms with Gasteiger partial charge in [-0.25, -0.2) is 18.5 Å². The Labute approximate surface area is 184 Å². The molecule has 0 fully saturated rings. The third-order valence-corrected chi connectivity index (χ3v) is 6.86. The number of rotatable bonds is 4. The topological polar surface area (TPSA) is 97.2 Å². The largest absolute Gasteiger partial charge is 0.340 e. The van der Waals surface area contributed by atoms with Gasteiger partial charge < -0.3 is 9.88 Å². The first kappa shape index (κ1) is 21.4. The van der Waals surface area contributed by atoms with Crippen LogP contribution in [-0.4, -0.2) is 47.4 Å². The van der Waals surface area contributed by atoms with E-state index in [0.717, 1.165) is 29.4 Å². The van der Waals surface area contributed by atoms with Crippen LogP contribution in [0, 0.1) is 5.82 Å². The molecule has 0 saturated carbocycles. The first-order valence-electron chi connectivity index (χ1n) is 9.62. The van der Waals surface area contributed by atoms with Crippen LogP contribution in [0.3, 0.4) is 0 Å². The number of nitrogens with one attached hydrogen (secondary N) is 1. The maximum absolute atomic E-state index is 13.6. The van der Waals surface area contributed by atoms with Crippen molar-refractivity contribution in [2.45, 2.75) is 5.03 Å². The van der Waals surface area contributed by atoms with E-state index >= 15 is 0 Å². The minimum Gasteiger partial charge on any atom is -0.340 e. The van der Waals surface area contributed by atoms with Crippen molar-refractivity contribution in [3.63, 3.8) is 0 Å². The van der Waals surface area contributed by atoms with Crippen molar-refractivity contribution in [2.75, 3.05) is 14.1 Å². The second-order valence-corrected chi connectivity index (χ2v) is 8.99. The lowest BCUT2D eigenvalue weighted by atomic mass is 10.00. The van der Waals surface area contributed by atoms with Gasteiger partial charge in [-0.1, -0.05) is 0 Å². The number of aromatic nitrogens is 3. The Morgan fingerprint density at radius 2 is 1.69 bits per heavy atom. The molecular weight excluding hydrogens is 433 g/mol. The first-order chi connectivity index (χ1) is 15.3. The smallest absolute Gasteiger partial charge is 0.330 e. The second-order valence-electron chi connectivity index (χ2n) is 7.07. The number of carbonyl (C=O) groups excluding carboxylic acids is 1. The van der Waals surface area contributed by atoms with E-state index in [4.69, 9.17) is 0 Å². The van der Waals surface area contributed by atoms with E-state index in [1.54, 1.807) is 42.2 Å². The average Bonchev–Trinajstić information content (AvgIpc) is 3.11. The van der Waals surface area contributed by atoms with E-state index in [1.165, 1.54) is 25.2 Å². The van der Waals surface area contributed by atoms with Gasteiger partial charge in [0.15, 0.2) is 5.03 Å². The molecule has 164 valence electrons. The van der Waals surface area contributed by atoms with Crippen LogP contribution in [0.4, 0.5) is 9.18 Å². The molecule has 1 N–H and O–H groups in total. The molecule has 0 unspecified atom stereocenters. The number of aryl methyl sites for hydroxylation is 1. The van der Waals surface area contributed by atoms with Gasteiger partial charge in [0.25, 0.3) is 10.0 Å². The summed E-state index contributed by atoms with van der Waals surface area (Å²) in [6, 6.07) is 12.0. The number of urea groups is 1. The summed E-state index contributed by atoms with van der Waals surface area (Å²) in [7, 11) is 0.111. The second kappa shape index (κ2) is 8.04. The summed E-state index contributed by atoms with van der Waals surface area (Å²) in [4.78, 5) is 20.3. The van der Waals surface area contributed by atoms with E-state index in [0.29, 0.717) is 15.3 Å². The predicted octanol–water partition coefficient (Wildman–Crippen LogP) is 3.40. The zero-order chi connectivity index (χ0) is 23.0. The lowest BCUT2D eigenvalue weighted by molar-refractivity contribution is 0.230. The Hall–Kier alpha value is -3.79. The minimum absolute atomic E-state index is 0.261.